The molecule has 0 spiro atoms. The molecule has 1 aliphatic heterocycles. The number of nitrogens with zero attached hydrogens (tertiary/aromatic N) is 3. The first kappa shape index (κ1) is 18.2. The Kier molecular flexibility index (Phi) is 4.19. The predicted molar refractivity (Wildman–Crippen MR) is 104 cm³/mol. The van der Waals surface area contributed by atoms with E-state index in [0.29, 0.717) is 23.6 Å². The molecule has 8 nitrogen and oxygen atoms in total. The Morgan fingerprint density at radius 1 is 1.14 bits per heavy atom. The molecule has 1 amide bonds. The van der Waals surface area contributed by atoms with Crippen molar-refractivity contribution < 1.29 is 13.2 Å². The van der Waals surface area contributed by atoms with Crippen molar-refractivity contribution in [3.63, 3.8) is 0 Å². The van der Waals surface area contributed by atoms with Gasteiger partial charge in [0.2, 0.25) is 5.91 Å². The second-order valence-corrected chi connectivity index (χ2v) is 8.77. The molecule has 0 fully saturated rings. The van der Waals surface area contributed by atoms with Crippen LogP contribution in [0.3, 0.4) is 0 Å². The lowest BCUT2D eigenvalue weighted by molar-refractivity contribution is -0.119. The minimum absolute atomic E-state index is 0.0846. The standard InChI is InChI=1S/C19H19N5O3S/c1-19(2)15-11-14(6-7-16(15)22-18(19)25)28(26,27)23-17-8-10-21-24(17)12-13-5-3-4-9-20-13/h3-11,23H,12H2,1-2H3,(H,22,25). The fourth-order valence-electron chi connectivity index (χ4n) is 3.10. The number of pyridine rings is 1. The van der Waals surface area contributed by atoms with Gasteiger partial charge in [-0.25, -0.2) is 13.1 Å². The lowest BCUT2D eigenvalue weighted by atomic mass is 9.86. The molecule has 0 aliphatic carbocycles. The van der Waals surface area contributed by atoms with Crippen LogP contribution < -0.4 is 10.0 Å². The van der Waals surface area contributed by atoms with Gasteiger partial charge in [0, 0.05) is 18.0 Å². The number of rotatable bonds is 5. The normalized spacial score (nSPS) is 15.1. The van der Waals surface area contributed by atoms with Gasteiger partial charge in [-0.1, -0.05) is 6.07 Å². The van der Waals surface area contributed by atoms with Crippen LogP contribution in [0.4, 0.5) is 11.5 Å². The number of carbonyl (C=O) groups excluding carboxylic acids is 1. The highest BCUT2D eigenvalue weighted by molar-refractivity contribution is 7.92. The molecule has 3 heterocycles. The van der Waals surface area contributed by atoms with E-state index in [1.165, 1.54) is 23.0 Å². The summed E-state index contributed by atoms with van der Waals surface area (Å²) in [7, 11) is -3.86. The van der Waals surface area contributed by atoms with Gasteiger partial charge in [0.05, 0.1) is 28.7 Å². The topological polar surface area (TPSA) is 106 Å². The number of hydrogen-bond acceptors (Lipinski definition) is 5. The number of fused-ring (bicyclic) bond motifs is 1. The molecular formula is C19H19N5O3S. The van der Waals surface area contributed by atoms with Crippen molar-refractivity contribution in [3.05, 3.63) is 66.1 Å². The molecule has 0 unspecified atom stereocenters. The van der Waals surface area contributed by atoms with Crippen molar-refractivity contribution in [2.45, 2.75) is 30.7 Å². The minimum atomic E-state index is -3.86. The van der Waals surface area contributed by atoms with E-state index in [9.17, 15) is 13.2 Å². The lowest BCUT2D eigenvalue weighted by Gasteiger charge is -2.16. The smallest absolute Gasteiger partial charge is 0.263 e. The molecule has 3 aromatic rings. The summed E-state index contributed by atoms with van der Waals surface area (Å²) in [6, 6.07) is 11.7. The van der Waals surface area contributed by atoms with Gasteiger partial charge < -0.3 is 5.32 Å². The lowest BCUT2D eigenvalue weighted by Crippen LogP contribution is -2.27. The molecule has 0 saturated heterocycles. The second kappa shape index (κ2) is 6.45. The van der Waals surface area contributed by atoms with Crippen LogP contribution >= 0.6 is 0 Å². The van der Waals surface area contributed by atoms with E-state index < -0.39 is 15.4 Å². The summed E-state index contributed by atoms with van der Waals surface area (Å²) in [6.45, 7) is 3.86. The third kappa shape index (κ3) is 3.13. The van der Waals surface area contributed by atoms with Crippen molar-refractivity contribution in [1.29, 1.82) is 0 Å². The van der Waals surface area contributed by atoms with Gasteiger partial charge in [0.25, 0.3) is 10.0 Å². The minimum Gasteiger partial charge on any atom is -0.325 e. The van der Waals surface area contributed by atoms with Crippen LogP contribution in [0, 0.1) is 0 Å². The number of carbonyl (C=O) groups is 1. The first-order chi connectivity index (χ1) is 13.3. The maximum absolute atomic E-state index is 12.9. The van der Waals surface area contributed by atoms with Gasteiger partial charge >= 0.3 is 0 Å². The van der Waals surface area contributed by atoms with E-state index in [-0.39, 0.29) is 10.8 Å². The fourth-order valence-corrected chi connectivity index (χ4v) is 4.19. The van der Waals surface area contributed by atoms with Crippen LogP contribution in [0.25, 0.3) is 0 Å². The van der Waals surface area contributed by atoms with Crippen molar-refractivity contribution >= 4 is 27.4 Å². The molecule has 1 aliphatic rings. The highest BCUT2D eigenvalue weighted by atomic mass is 32.2. The Morgan fingerprint density at radius 2 is 1.96 bits per heavy atom. The molecule has 28 heavy (non-hydrogen) atoms. The molecule has 9 heteroatoms. The maximum atomic E-state index is 12.9. The van der Waals surface area contributed by atoms with E-state index in [0.717, 1.165) is 5.69 Å². The van der Waals surface area contributed by atoms with Crippen LogP contribution in [0.5, 0.6) is 0 Å². The summed E-state index contributed by atoms with van der Waals surface area (Å²) in [6.07, 6.45) is 3.19. The molecule has 0 atom stereocenters. The molecular weight excluding hydrogens is 378 g/mol. The molecule has 144 valence electrons. The zero-order valence-electron chi connectivity index (χ0n) is 15.4. The predicted octanol–water partition coefficient (Wildman–Crippen LogP) is 2.36. The molecule has 2 aromatic heterocycles. The fraction of sp³-hybridized carbons (Fsp3) is 0.211. The van der Waals surface area contributed by atoms with Gasteiger partial charge in [-0.3, -0.25) is 14.5 Å². The average molecular weight is 397 g/mol. The molecule has 1 aromatic carbocycles. The Morgan fingerprint density at radius 3 is 2.71 bits per heavy atom. The Labute approximate surface area is 162 Å². The Hall–Kier alpha value is -3.20. The van der Waals surface area contributed by atoms with Crippen LogP contribution in [0.15, 0.2) is 59.8 Å². The molecule has 0 saturated carbocycles. The molecule has 4 rings (SSSR count). The number of nitrogens with one attached hydrogen (secondary N) is 2. The van der Waals surface area contributed by atoms with E-state index >= 15 is 0 Å². The summed E-state index contributed by atoms with van der Waals surface area (Å²) in [4.78, 5) is 16.4. The first-order valence-corrected chi connectivity index (χ1v) is 10.2. The summed E-state index contributed by atoms with van der Waals surface area (Å²) in [5, 5.41) is 6.95. The summed E-state index contributed by atoms with van der Waals surface area (Å²) >= 11 is 0. The number of anilines is 2. The van der Waals surface area contributed by atoms with Gasteiger partial charge in [-0.05, 0) is 49.7 Å². The van der Waals surface area contributed by atoms with Crippen molar-refractivity contribution in [2.24, 2.45) is 0 Å². The zero-order valence-corrected chi connectivity index (χ0v) is 16.2. The Balaban J connectivity index is 1.63. The molecule has 0 bridgehead atoms. The van der Waals surface area contributed by atoms with E-state index in [2.05, 4.69) is 20.1 Å². The van der Waals surface area contributed by atoms with Crippen LogP contribution in [-0.2, 0) is 26.8 Å². The quantitative estimate of drug-likeness (QED) is 0.687. The van der Waals surface area contributed by atoms with Crippen molar-refractivity contribution in [3.8, 4) is 0 Å². The van der Waals surface area contributed by atoms with E-state index in [4.69, 9.17) is 0 Å². The van der Waals surface area contributed by atoms with Gasteiger partial charge in [-0.2, -0.15) is 5.10 Å². The Bertz CT molecular complexity index is 1150. The number of aromatic nitrogens is 3. The molecule has 0 radical (unpaired) electrons. The average Bonchev–Trinajstić information content (AvgIpc) is 3.17. The number of amides is 1. The zero-order chi connectivity index (χ0) is 19.9. The monoisotopic (exact) mass is 397 g/mol. The highest BCUT2D eigenvalue weighted by Crippen LogP contribution is 2.38. The maximum Gasteiger partial charge on any atom is 0.263 e. The van der Waals surface area contributed by atoms with Crippen molar-refractivity contribution in [1.82, 2.24) is 14.8 Å². The van der Waals surface area contributed by atoms with Crippen LogP contribution in [0.1, 0.15) is 25.1 Å². The van der Waals surface area contributed by atoms with Gasteiger partial charge in [-0.15, -0.1) is 0 Å². The first-order valence-electron chi connectivity index (χ1n) is 8.68. The largest absolute Gasteiger partial charge is 0.325 e. The van der Waals surface area contributed by atoms with Crippen LogP contribution in [-0.4, -0.2) is 29.1 Å². The number of benzene rings is 1. The second-order valence-electron chi connectivity index (χ2n) is 7.09. The summed E-state index contributed by atoms with van der Waals surface area (Å²) in [5.74, 6) is 0.179. The number of hydrogen-bond donors (Lipinski definition) is 2. The SMILES string of the molecule is CC1(C)C(=O)Nc2ccc(S(=O)(=O)Nc3ccnn3Cc3ccccn3)cc21. The third-order valence-corrected chi connectivity index (χ3v) is 6.14. The third-order valence-electron chi connectivity index (χ3n) is 4.78. The molecule has 2 N–H and O–H groups in total. The van der Waals surface area contributed by atoms with E-state index in [1.807, 2.05) is 18.2 Å². The highest BCUT2D eigenvalue weighted by Gasteiger charge is 2.39. The summed E-state index contributed by atoms with van der Waals surface area (Å²) < 4.78 is 29.9. The van der Waals surface area contributed by atoms with E-state index in [1.54, 1.807) is 32.2 Å². The number of sulfonamides is 1. The summed E-state index contributed by atoms with van der Waals surface area (Å²) in [5.41, 5.74) is 1.26. The van der Waals surface area contributed by atoms with Crippen LogP contribution in [0.2, 0.25) is 0 Å². The van der Waals surface area contributed by atoms with Gasteiger partial charge in [0.1, 0.15) is 5.82 Å². The van der Waals surface area contributed by atoms with Gasteiger partial charge in [0.15, 0.2) is 0 Å². The van der Waals surface area contributed by atoms with Crippen molar-refractivity contribution in [2.75, 3.05) is 10.0 Å².